The number of benzene rings is 1. The largest absolute Gasteiger partial charge is 0.455 e. The molecule has 0 saturated carbocycles. The van der Waals surface area contributed by atoms with E-state index in [1.54, 1.807) is 13.0 Å². The molecular formula is C14H15BrN2O5S. The molecule has 1 aromatic heterocycles. The minimum absolute atomic E-state index is 0.00534. The van der Waals surface area contributed by atoms with Crippen molar-refractivity contribution in [3.63, 3.8) is 0 Å². The van der Waals surface area contributed by atoms with E-state index in [1.165, 1.54) is 32.3 Å². The van der Waals surface area contributed by atoms with Crippen LogP contribution in [0.3, 0.4) is 0 Å². The molecule has 9 heteroatoms. The Morgan fingerprint density at radius 3 is 2.61 bits per heavy atom. The van der Waals surface area contributed by atoms with E-state index in [4.69, 9.17) is 9.26 Å². The Morgan fingerprint density at radius 2 is 2.04 bits per heavy atom. The Balaban J connectivity index is 2.21. The van der Waals surface area contributed by atoms with Crippen molar-refractivity contribution in [3.8, 4) is 0 Å². The van der Waals surface area contributed by atoms with E-state index in [9.17, 15) is 13.2 Å². The van der Waals surface area contributed by atoms with Crippen LogP contribution in [0.4, 0.5) is 0 Å². The fourth-order valence-corrected chi connectivity index (χ4v) is 3.58. The summed E-state index contributed by atoms with van der Waals surface area (Å²) in [4.78, 5) is 12.1. The molecule has 0 saturated heterocycles. The molecule has 1 aromatic carbocycles. The standard InChI is InChI=1S/C14H15BrN2O5S/c1-9-6-11(16-22-9)8-21-14(18)10-4-5-12(15)13(7-10)23(19,20)17(2)3/h4-7H,8H2,1-3H3. The predicted molar refractivity (Wildman–Crippen MR) is 85.4 cm³/mol. The predicted octanol–water partition coefficient (Wildman–Crippen LogP) is 2.35. The fraction of sp³-hybridized carbons (Fsp3) is 0.286. The molecule has 0 unspecified atom stereocenters. The highest BCUT2D eigenvalue weighted by Crippen LogP contribution is 2.25. The summed E-state index contributed by atoms with van der Waals surface area (Å²) in [6.45, 7) is 1.67. The van der Waals surface area contributed by atoms with Gasteiger partial charge >= 0.3 is 5.97 Å². The van der Waals surface area contributed by atoms with Gasteiger partial charge in [0.2, 0.25) is 10.0 Å². The molecule has 0 fully saturated rings. The number of ether oxygens (including phenoxy) is 1. The average molecular weight is 403 g/mol. The Kier molecular flexibility index (Phi) is 5.23. The molecule has 0 amide bonds. The lowest BCUT2D eigenvalue weighted by Crippen LogP contribution is -2.23. The van der Waals surface area contributed by atoms with E-state index in [1.807, 2.05) is 0 Å². The first-order chi connectivity index (χ1) is 10.7. The molecule has 0 atom stereocenters. The first kappa shape index (κ1) is 17.6. The zero-order valence-corrected chi connectivity index (χ0v) is 15.1. The van der Waals surface area contributed by atoms with Crippen molar-refractivity contribution in [2.24, 2.45) is 0 Å². The number of carbonyl (C=O) groups is 1. The molecule has 0 spiro atoms. The number of rotatable bonds is 5. The number of hydrogen-bond acceptors (Lipinski definition) is 6. The van der Waals surface area contributed by atoms with Crippen molar-refractivity contribution in [2.45, 2.75) is 18.4 Å². The van der Waals surface area contributed by atoms with Gasteiger partial charge < -0.3 is 9.26 Å². The van der Waals surface area contributed by atoms with Gasteiger partial charge in [0.1, 0.15) is 18.1 Å². The van der Waals surface area contributed by atoms with Crippen LogP contribution < -0.4 is 0 Å². The van der Waals surface area contributed by atoms with E-state index >= 15 is 0 Å². The zero-order valence-electron chi connectivity index (χ0n) is 12.7. The molecule has 2 aromatic rings. The molecule has 0 bridgehead atoms. The third kappa shape index (κ3) is 3.98. The van der Waals surface area contributed by atoms with Crippen LogP contribution >= 0.6 is 15.9 Å². The Bertz CT molecular complexity index is 829. The quantitative estimate of drug-likeness (QED) is 0.712. The van der Waals surface area contributed by atoms with Gasteiger partial charge in [-0.25, -0.2) is 17.5 Å². The molecule has 0 N–H and O–H groups in total. The Hall–Kier alpha value is -1.71. The smallest absolute Gasteiger partial charge is 0.338 e. The third-order valence-electron chi connectivity index (χ3n) is 2.95. The number of esters is 1. The monoisotopic (exact) mass is 402 g/mol. The highest BCUT2D eigenvalue weighted by molar-refractivity contribution is 9.10. The van der Waals surface area contributed by atoms with Crippen molar-refractivity contribution >= 4 is 31.9 Å². The van der Waals surface area contributed by atoms with Crippen molar-refractivity contribution in [2.75, 3.05) is 14.1 Å². The van der Waals surface area contributed by atoms with Crippen LogP contribution in [0.2, 0.25) is 0 Å². The van der Waals surface area contributed by atoms with Crippen LogP contribution in [0.15, 0.2) is 38.2 Å². The van der Waals surface area contributed by atoms with Crippen molar-refractivity contribution < 1.29 is 22.5 Å². The molecule has 124 valence electrons. The summed E-state index contributed by atoms with van der Waals surface area (Å²) in [6.07, 6.45) is 0. The first-order valence-corrected chi connectivity index (χ1v) is 8.76. The lowest BCUT2D eigenvalue weighted by atomic mass is 10.2. The number of aromatic nitrogens is 1. The topological polar surface area (TPSA) is 89.7 Å². The van der Waals surface area contributed by atoms with Gasteiger partial charge in [-0.1, -0.05) is 5.16 Å². The maximum Gasteiger partial charge on any atom is 0.338 e. The fourth-order valence-electron chi connectivity index (χ4n) is 1.73. The third-order valence-corrected chi connectivity index (χ3v) is 5.76. The first-order valence-electron chi connectivity index (χ1n) is 6.53. The van der Waals surface area contributed by atoms with Crippen LogP contribution in [0.25, 0.3) is 0 Å². The maximum atomic E-state index is 12.2. The van der Waals surface area contributed by atoms with Gasteiger partial charge in [-0.2, -0.15) is 0 Å². The Labute approximate surface area is 142 Å². The number of aryl methyl sites for hydroxylation is 1. The maximum absolute atomic E-state index is 12.2. The average Bonchev–Trinajstić information content (AvgIpc) is 2.90. The number of halogens is 1. The summed E-state index contributed by atoms with van der Waals surface area (Å²) in [5, 5.41) is 3.71. The molecule has 0 aliphatic carbocycles. The lowest BCUT2D eigenvalue weighted by molar-refractivity contribution is 0.0464. The van der Waals surface area contributed by atoms with Gasteiger partial charge in [0.15, 0.2) is 0 Å². The number of carbonyl (C=O) groups excluding carboxylic acids is 1. The molecular weight excluding hydrogens is 388 g/mol. The molecule has 2 rings (SSSR count). The minimum Gasteiger partial charge on any atom is -0.455 e. The van der Waals surface area contributed by atoms with Crippen molar-refractivity contribution in [1.82, 2.24) is 9.46 Å². The lowest BCUT2D eigenvalue weighted by Gasteiger charge is -2.13. The van der Waals surface area contributed by atoms with Crippen LogP contribution in [0, 0.1) is 6.92 Å². The SMILES string of the molecule is Cc1cc(COC(=O)c2ccc(Br)c(S(=O)(=O)N(C)C)c2)no1. The van der Waals surface area contributed by atoms with Gasteiger partial charge in [0.25, 0.3) is 0 Å². The normalized spacial score (nSPS) is 11.7. The summed E-state index contributed by atoms with van der Waals surface area (Å²) in [6, 6.07) is 5.90. The van der Waals surface area contributed by atoms with Crippen LogP contribution in [-0.4, -0.2) is 37.9 Å². The summed E-state index contributed by atoms with van der Waals surface area (Å²) in [5.41, 5.74) is 0.614. The summed E-state index contributed by atoms with van der Waals surface area (Å²) < 4.78 is 35.9. The molecule has 0 aliphatic rings. The van der Waals surface area contributed by atoms with Crippen molar-refractivity contribution in [1.29, 1.82) is 0 Å². The molecule has 0 aliphatic heterocycles. The van der Waals surface area contributed by atoms with Crippen LogP contribution in [0.1, 0.15) is 21.8 Å². The zero-order chi connectivity index (χ0) is 17.2. The van der Waals surface area contributed by atoms with Crippen molar-refractivity contribution in [3.05, 3.63) is 45.8 Å². The molecule has 7 nitrogen and oxygen atoms in total. The van der Waals surface area contributed by atoms with Gasteiger partial charge in [-0.05, 0) is 41.1 Å². The summed E-state index contributed by atoms with van der Waals surface area (Å²) in [7, 11) is -0.843. The highest BCUT2D eigenvalue weighted by atomic mass is 79.9. The summed E-state index contributed by atoms with van der Waals surface area (Å²) >= 11 is 3.18. The minimum atomic E-state index is -3.68. The van der Waals surface area contributed by atoms with E-state index in [2.05, 4.69) is 21.1 Å². The highest BCUT2D eigenvalue weighted by Gasteiger charge is 2.22. The second-order valence-corrected chi connectivity index (χ2v) is 7.91. The van der Waals surface area contributed by atoms with Gasteiger partial charge in [-0.15, -0.1) is 0 Å². The van der Waals surface area contributed by atoms with E-state index < -0.39 is 16.0 Å². The number of hydrogen-bond donors (Lipinski definition) is 0. The van der Waals surface area contributed by atoms with Crippen LogP contribution in [0.5, 0.6) is 0 Å². The molecule has 0 radical (unpaired) electrons. The Morgan fingerprint density at radius 1 is 1.35 bits per heavy atom. The number of sulfonamides is 1. The van der Waals surface area contributed by atoms with E-state index in [0.717, 1.165) is 4.31 Å². The number of nitrogens with zero attached hydrogens (tertiary/aromatic N) is 2. The molecule has 23 heavy (non-hydrogen) atoms. The van der Waals surface area contributed by atoms with Gasteiger partial charge in [0, 0.05) is 24.6 Å². The van der Waals surface area contributed by atoms with E-state index in [0.29, 0.717) is 15.9 Å². The second kappa shape index (κ2) is 6.81. The van der Waals surface area contributed by atoms with Gasteiger partial charge in [0.05, 0.1) is 10.5 Å². The second-order valence-electron chi connectivity index (χ2n) is 4.94. The van der Waals surface area contributed by atoms with Crippen LogP contribution in [-0.2, 0) is 21.4 Å². The summed E-state index contributed by atoms with van der Waals surface area (Å²) in [5.74, 6) is -0.0348. The van der Waals surface area contributed by atoms with E-state index in [-0.39, 0.29) is 17.1 Å². The molecule has 1 heterocycles. The van der Waals surface area contributed by atoms with Gasteiger partial charge in [-0.3, -0.25) is 0 Å².